The highest BCUT2D eigenvalue weighted by molar-refractivity contribution is 5.96. The average molecular weight is 507 g/mol. The third-order valence-electron chi connectivity index (χ3n) is 6.84. The van der Waals surface area contributed by atoms with E-state index < -0.39 is 0 Å². The predicted molar refractivity (Wildman–Crippen MR) is 149 cm³/mol. The van der Waals surface area contributed by atoms with Crippen molar-refractivity contribution in [2.45, 2.75) is 19.8 Å². The highest BCUT2D eigenvalue weighted by Crippen LogP contribution is 2.32. The van der Waals surface area contributed by atoms with E-state index in [1.165, 1.54) is 24.5 Å². The molecule has 0 atom stereocenters. The number of hydrogen-bond donors (Lipinski definition) is 2. The van der Waals surface area contributed by atoms with Crippen LogP contribution < -0.4 is 0 Å². The maximum absolute atomic E-state index is 14.6. The molecule has 1 aromatic carbocycles. The summed E-state index contributed by atoms with van der Waals surface area (Å²) in [6, 6.07) is 8.64. The third kappa shape index (κ3) is 4.52. The summed E-state index contributed by atoms with van der Waals surface area (Å²) in [5.74, 6) is 0.220. The molecular formula is C29H27FN8. The maximum atomic E-state index is 14.6. The van der Waals surface area contributed by atoms with E-state index >= 15 is 0 Å². The number of nitrogens with zero attached hydrogens (tertiary/aromatic N) is 6. The van der Waals surface area contributed by atoms with E-state index in [-0.39, 0.29) is 5.82 Å². The molecule has 8 nitrogen and oxygen atoms in total. The van der Waals surface area contributed by atoms with E-state index in [1.807, 2.05) is 6.07 Å². The molecule has 0 unspecified atom stereocenters. The molecule has 9 heteroatoms. The van der Waals surface area contributed by atoms with Crippen LogP contribution in [0.5, 0.6) is 0 Å². The number of aromatic nitrogens is 6. The summed E-state index contributed by atoms with van der Waals surface area (Å²) < 4.78 is 14.6. The third-order valence-corrected chi connectivity index (χ3v) is 6.84. The van der Waals surface area contributed by atoms with Crippen LogP contribution >= 0.6 is 0 Å². The Kier molecular flexibility index (Phi) is 6.35. The summed E-state index contributed by atoms with van der Waals surface area (Å²) in [5, 5.41) is 8.31. The van der Waals surface area contributed by atoms with E-state index in [1.54, 1.807) is 43.0 Å². The number of allylic oxidation sites excluding steroid dienone is 2. The minimum Gasteiger partial charge on any atom is -0.335 e. The number of likely N-dealkylation sites (tertiary alicyclic amines) is 1. The number of rotatable bonds is 7. The van der Waals surface area contributed by atoms with E-state index in [9.17, 15) is 4.39 Å². The molecule has 38 heavy (non-hydrogen) atoms. The van der Waals surface area contributed by atoms with Crippen LogP contribution in [0.1, 0.15) is 25.3 Å². The number of H-pyrrole nitrogens is 2. The van der Waals surface area contributed by atoms with Gasteiger partial charge in [0, 0.05) is 47.4 Å². The number of aliphatic imine (C=N–C) groups is 1. The lowest BCUT2D eigenvalue weighted by Crippen LogP contribution is -2.21. The zero-order valence-electron chi connectivity index (χ0n) is 21.1. The zero-order chi connectivity index (χ0) is 26.1. The van der Waals surface area contributed by atoms with Gasteiger partial charge in [0.25, 0.3) is 0 Å². The molecule has 4 aromatic heterocycles. The first-order valence-corrected chi connectivity index (χ1v) is 12.6. The van der Waals surface area contributed by atoms with Crippen LogP contribution in [0.2, 0.25) is 0 Å². The molecule has 1 saturated heterocycles. The standard InChI is InChI=1S/C29H27FN8/c1-18(17-38-9-5-6-10-38)11-19(13-31-2)20-12-22-27(36-37-28(22)33-14-20)29-34-25-16-32-15-23(26(25)35-29)21-7-3-4-8-24(21)30/h3-4,7-8,11-16H,2,5-6,9-10,17H2,1H3,(H,34,35)(H,33,36,37)/b18-11+,19-13+. The lowest BCUT2D eigenvalue weighted by molar-refractivity contribution is 0.368. The summed E-state index contributed by atoms with van der Waals surface area (Å²) in [4.78, 5) is 23.5. The molecule has 0 aliphatic carbocycles. The second-order valence-corrected chi connectivity index (χ2v) is 9.58. The Morgan fingerprint density at radius 2 is 2.00 bits per heavy atom. The number of imidazole rings is 1. The van der Waals surface area contributed by atoms with Crippen LogP contribution in [-0.4, -0.2) is 61.4 Å². The predicted octanol–water partition coefficient (Wildman–Crippen LogP) is 5.79. The number of halogens is 1. The van der Waals surface area contributed by atoms with Gasteiger partial charge in [-0.05, 0) is 51.7 Å². The Hall–Kier alpha value is -4.50. The van der Waals surface area contributed by atoms with Crippen molar-refractivity contribution in [2.24, 2.45) is 4.99 Å². The smallest absolute Gasteiger partial charge is 0.159 e. The number of fused-ring (bicyclic) bond motifs is 2. The Bertz CT molecular complexity index is 1700. The Labute approximate surface area is 219 Å². The Balaban J connectivity index is 1.40. The van der Waals surface area contributed by atoms with Gasteiger partial charge in [0.05, 0.1) is 17.1 Å². The molecule has 0 saturated carbocycles. The number of nitrogens with one attached hydrogen (secondary N) is 2. The average Bonchev–Trinajstić information content (AvgIpc) is 3.67. The molecule has 5 aromatic rings. The second-order valence-electron chi connectivity index (χ2n) is 9.58. The van der Waals surface area contributed by atoms with E-state index in [2.05, 4.69) is 54.8 Å². The molecule has 1 aliphatic heterocycles. The van der Waals surface area contributed by atoms with Crippen LogP contribution in [0.25, 0.3) is 50.3 Å². The van der Waals surface area contributed by atoms with Crippen LogP contribution in [0, 0.1) is 5.82 Å². The van der Waals surface area contributed by atoms with Gasteiger partial charge in [-0.2, -0.15) is 5.10 Å². The largest absolute Gasteiger partial charge is 0.335 e. The molecule has 2 N–H and O–H groups in total. The first-order valence-electron chi connectivity index (χ1n) is 12.6. The van der Waals surface area contributed by atoms with Gasteiger partial charge in [0.1, 0.15) is 17.0 Å². The number of pyridine rings is 2. The van der Waals surface area contributed by atoms with Gasteiger partial charge in [0.2, 0.25) is 0 Å². The molecule has 5 heterocycles. The molecule has 6 rings (SSSR count). The van der Waals surface area contributed by atoms with Crippen molar-refractivity contribution < 1.29 is 4.39 Å². The van der Waals surface area contributed by atoms with Crippen molar-refractivity contribution in [1.29, 1.82) is 0 Å². The topological polar surface area (TPSA) is 98.7 Å². The van der Waals surface area contributed by atoms with Gasteiger partial charge >= 0.3 is 0 Å². The van der Waals surface area contributed by atoms with Crippen molar-refractivity contribution in [3.8, 4) is 22.6 Å². The molecule has 1 fully saturated rings. The van der Waals surface area contributed by atoms with Crippen molar-refractivity contribution in [3.63, 3.8) is 0 Å². The first-order chi connectivity index (χ1) is 18.6. The van der Waals surface area contributed by atoms with Crippen molar-refractivity contribution in [1.82, 2.24) is 35.0 Å². The maximum Gasteiger partial charge on any atom is 0.159 e. The fraction of sp³-hybridized carbons (Fsp3) is 0.207. The van der Waals surface area contributed by atoms with Crippen molar-refractivity contribution in [3.05, 3.63) is 78.2 Å². The van der Waals surface area contributed by atoms with Crippen LogP contribution in [0.15, 0.2) is 71.8 Å². The van der Waals surface area contributed by atoms with Gasteiger partial charge < -0.3 is 4.98 Å². The van der Waals surface area contributed by atoms with Gasteiger partial charge in [-0.15, -0.1) is 0 Å². The highest BCUT2D eigenvalue weighted by atomic mass is 19.1. The van der Waals surface area contributed by atoms with E-state index in [0.29, 0.717) is 39.3 Å². The lowest BCUT2D eigenvalue weighted by Gasteiger charge is -2.15. The van der Waals surface area contributed by atoms with E-state index in [0.717, 1.165) is 36.2 Å². The normalized spacial score (nSPS) is 15.1. The molecule has 1 aliphatic rings. The monoisotopic (exact) mass is 506 g/mol. The quantitative estimate of drug-likeness (QED) is 0.215. The minimum atomic E-state index is -0.325. The van der Waals surface area contributed by atoms with Crippen LogP contribution in [-0.2, 0) is 0 Å². The molecule has 0 spiro atoms. The molecule has 0 radical (unpaired) electrons. The van der Waals surface area contributed by atoms with Crippen LogP contribution in [0.4, 0.5) is 4.39 Å². The number of aromatic amines is 2. The second kappa shape index (κ2) is 10.1. The summed E-state index contributed by atoms with van der Waals surface area (Å²) in [6.45, 7) is 9.01. The summed E-state index contributed by atoms with van der Waals surface area (Å²) in [7, 11) is 0. The summed E-state index contributed by atoms with van der Waals surface area (Å²) in [6.07, 6.45) is 11.5. The Morgan fingerprint density at radius 1 is 1.16 bits per heavy atom. The van der Waals surface area contributed by atoms with Crippen molar-refractivity contribution in [2.75, 3.05) is 19.6 Å². The molecule has 0 amide bonds. The number of hydrogen-bond acceptors (Lipinski definition) is 6. The highest BCUT2D eigenvalue weighted by Gasteiger charge is 2.18. The summed E-state index contributed by atoms with van der Waals surface area (Å²) in [5.41, 5.74) is 6.71. The minimum absolute atomic E-state index is 0.325. The van der Waals surface area contributed by atoms with E-state index in [4.69, 9.17) is 4.98 Å². The van der Waals surface area contributed by atoms with Gasteiger partial charge in [-0.3, -0.25) is 20.0 Å². The van der Waals surface area contributed by atoms with Crippen molar-refractivity contribution >= 4 is 34.4 Å². The lowest BCUT2D eigenvalue weighted by atomic mass is 10.0. The molecule has 0 bridgehead atoms. The van der Waals surface area contributed by atoms with Gasteiger partial charge in [-0.1, -0.05) is 29.8 Å². The van der Waals surface area contributed by atoms with Gasteiger partial charge in [0.15, 0.2) is 11.5 Å². The Morgan fingerprint density at radius 3 is 2.82 bits per heavy atom. The SMILES string of the molecule is C=N/C=C(\C=C(/C)CN1CCCC1)c1cnc2[nH]nc(-c3nc4c(-c5ccccc5F)cncc4[nH]3)c2c1. The zero-order valence-corrected chi connectivity index (χ0v) is 21.1. The fourth-order valence-corrected chi connectivity index (χ4v) is 5.06. The first kappa shape index (κ1) is 23.9. The molecular weight excluding hydrogens is 479 g/mol. The molecule has 190 valence electrons. The fourth-order valence-electron chi connectivity index (χ4n) is 5.06. The summed E-state index contributed by atoms with van der Waals surface area (Å²) >= 11 is 0. The number of benzene rings is 1. The van der Waals surface area contributed by atoms with Crippen LogP contribution in [0.3, 0.4) is 0 Å². The van der Waals surface area contributed by atoms with Gasteiger partial charge in [-0.25, -0.2) is 14.4 Å².